The highest BCUT2D eigenvalue weighted by Crippen LogP contribution is 1.96. The van der Waals surface area contributed by atoms with Crippen molar-refractivity contribution in [3.63, 3.8) is 0 Å². The molecule has 0 aliphatic carbocycles. The lowest BCUT2D eigenvalue weighted by molar-refractivity contribution is -0.770. The lowest BCUT2D eigenvalue weighted by atomic mass is 10.4. The van der Waals surface area contributed by atoms with Crippen LogP contribution in [0.3, 0.4) is 0 Å². The molecule has 0 fully saturated rings. The maximum atomic E-state index is 10.6. The summed E-state index contributed by atoms with van der Waals surface area (Å²) >= 11 is 0. The van der Waals surface area contributed by atoms with Crippen LogP contribution in [0.5, 0.6) is 0 Å². The molecule has 8 nitrogen and oxygen atoms in total. The van der Waals surface area contributed by atoms with Gasteiger partial charge in [0.25, 0.3) is 5.09 Å². The zero-order valence-corrected chi connectivity index (χ0v) is 8.50. The Balaban J connectivity index is 3.74. The van der Waals surface area contributed by atoms with E-state index in [2.05, 4.69) is 19.3 Å². The highest BCUT2D eigenvalue weighted by Gasteiger charge is 2.15. The van der Waals surface area contributed by atoms with Gasteiger partial charge >= 0.3 is 5.97 Å². The first-order valence-corrected chi connectivity index (χ1v) is 4.22. The van der Waals surface area contributed by atoms with Gasteiger partial charge in [0.2, 0.25) is 0 Å². The molecule has 0 unspecified atom stereocenters. The fourth-order valence-corrected chi connectivity index (χ4v) is 0.651. The van der Waals surface area contributed by atoms with E-state index in [0.29, 0.717) is 0 Å². The van der Waals surface area contributed by atoms with Crippen molar-refractivity contribution < 1.29 is 29.2 Å². The summed E-state index contributed by atoms with van der Waals surface area (Å²) in [4.78, 5) is 33.5. The van der Waals surface area contributed by atoms with E-state index in [1.807, 2.05) is 0 Å². The third kappa shape index (κ3) is 7.65. The number of methoxy groups -OCH3 is 1. The van der Waals surface area contributed by atoms with Crippen molar-refractivity contribution in [2.24, 2.45) is 0 Å². The summed E-state index contributed by atoms with van der Waals surface area (Å²) in [5.41, 5.74) is 0. The van der Waals surface area contributed by atoms with E-state index < -0.39 is 17.2 Å². The molecule has 0 radical (unpaired) electrons. The standard InChI is InChI=1S/C7H13NO7/c1-3-7(9)15-13-5-6(4-12-2)14-8(10)11/h6H,3-5H2,1-2H3/t6-/m1/s1. The molecule has 0 saturated carbocycles. The van der Waals surface area contributed by atoms with Crippen LogP contribution in [0.4, 0.5) is 0 Å². The summed E-state index contributed by atoms with van der Waals surface area (Å²) in [6, 6.07) is 0. The molecule has 88 valence electrons. The largest absolute Gasteiger partial charge is 0.382 e. The SMILES string of the molecule is CCC(=O)OOC[C@@H](COC)O[N+](=O)[O-]. The molecule has 0 bridgehead atoms. The monoisotopic (exact) mass is 223 g/mol. The fourth-order valence-electron chi connectivity index (χ4n) is 0.651. The van der Waals surface area contributed by atoms with Gasteiger partial charge in [0.05, 0.1) is 6.61 Å². The van der Waals surface area contributed by atoms with Crippen molar-refractivity contribution in [2.45, 2.75) is 19.4 Å². The van der Waals surface area contributed by atoms with E-state index in [1.54, 1.807) is 6.92 Å². The van der Waals surface area contributed by atoms with Crippen molar-refractivity contribution in [3.05, 3.63) is 10.1 Å². The zero-order valence-electron chi connectivity index (χ0n) is 8.50. The van der Waals surface area contributed by atoms with Gasteiger partial charge in [-0.15, -0.1) is 10.1 Å². The molecule has 0 aliphatic rings. The van der Waals surface area contributed by atoms with Crippen LogP contribution in [0.25, 0.3) is 0 Å². The highest BCUT2D eigenvalue weighted by molar-refractivity contribution is 5.68. The molecular formula is C7H13NO7. The van der Waals surface area contributed by atoms with Crippen LogP contribution in [0.2, 0.25) is 0 Å². The Bertz CT molecular complexity index is 208. The van der Waals surface area contributed by atoms with Gasteiger partial charge < -0.3 is 9.57 Å². The topological polar surface area (TPSA) is 97.1 Å². The summed E-state index contributed by atoms with van der Waals surface area (Å²) in [6.07, 6.45) is -0.764. The minimum atomic E-state index is -0.964. The number of hydrogen-bond acceptors (Lipinski definition) is 7. The Labute approximate surface area is 86.1 Å². The van der Waals surface area contributed by atoms with Gasteiger partial charge in [-0.2, -0.15) is 4.89 Å². The van der Waals surface area contributed by atoms with Crippen LogP contribution in [-0.4, -0.2) is 37.5 Å². The van der Waals surface area contributed by atoms with E-state index in [-0.39, 0.29) is 19.6 Å². The first-order valence-electron chi connectivity index (χ1n) is 4.22. The molecule has 0 N–H and O–H groups in total. The second kappa shape index (κ2) is 7.94. The average molecular weight is 223 g/mol. The Morgan fingerprint density at radius 2 is 2.13 bits per heavy atom. The summed E-state index contributed by atoms with van der Waals surface area (Å²) in [5.74, 6) is -0.563. The average Bonchev–Trinajstić information content (AvgIpc) is 2.16. The molecule has 0 spiro atoms. The van der Waals surface area contributed by atoms with Crippen LogP contribution in [0, 0.1) is 10.1 Å². The van der Waals surface area contributed by atoms with Crippen molar-refractivity contribution in [1.82, 2.24) is 0 Å². The molecular weight excluding hydrogens is 210 g/mol. The Hall–Kier alpha value is -1.41. The number of carbonyl (C=O) groups is 1. The van der Waals surface area contributed by atoms with Gasteiger partial charge in [0.15, 0.2) is 6.10 Å². The highest BCUT2D eigenvalue weighted by atomic mass is 17.2. The molecule has 0 heterocycles. The minimum absolute atomic E-state index is 0.0370. The van der Waals surface area contributed by atoms with E-state index in [0.717, 1.165) is 0 Å². The van der Waals surface area contributed by atoms with Crippen LogP contribution in [0.1, 0.15) is 13.3 Å². The quantitative estimate of drug-likeness (QED) is 0.327. The van der Waals surface area contributed by atoms with Crippen molar-refractivity contribution in [2.75, 3.05) is 20.3 Å². The molecule has 0 aromatic carbocycles. The van der Waals surface area contributed by atoms with Crippen LogP contribution < -0.4 is 0 Å². The zero-order chi connectivity index (χ0) is 11.7. The van der Waals surface area contributed by atoms with Crippen molar-refractivity contribution >= 4 is 5.97 Å². The van der Waals surface area contributed by atoms with Gasteiger partial charge in [-0.25, -0.2) is 4.79 Å². The molecule has 8 heteroatoms. The van der Waals surface area contributed by atoms with Crippen LogP contribution in [-0.2, 0) is 24.1 Å². The summed E-state index contributed by atoms with van der Waals surface area (Å²) in [7, 11) is 1.36. The maximum Gasteiger partial charge on any atom is 0.342 e. The maximum absolute atomic E-state index is 10.6. The fraction of sp³-hybridized carbons (Fsp3) is 0.857. The molecule has 0 aliphatic heterocycles. The van der Waals surface area contributed by atoms with E-state index in [9.17, 15) is 14.9 Å². The van der Waals surface area contributed by atoms with Crippen LogP contribution in [0.15, 0.2) is 0 Å². The number of carbonyl (C=O) groups excluding carboxylic acids is 1. The minimum Gasteiger partial charge on any atom is -0.382 e. The summed E-state index contributed by atoms with van der Waals surface area (Å²) < 4.78 is 4.64. The van der Waals surface area contributed by atoms with E-state index in [4.69, 9.17) is 0 Å². The summed E-state index contributed by atoms with van der Waals surface area (Å²) in [6.45, 7) is 1.29. The van der Waals surface area contributed by atoms with Crippen molar-refractivity contribution in [1.29, 1.82) is 0 Å². The second-order valence-corrected chi connectivity index (χ2v) is 2.50. The Kier molecular flexibility index (Phi) is 7.20. The van der Waals surface area contributed by atoms with Gasteiger partial charge in [0.1, 0.15) is 6.61 Å². The normalized spacial score (nSPS) is 11.9. The number of hydrogen-bond donors (Lipinski definition) is 0. The molecule has 1 atom stereocenters. The first kappa shape index (κ1) is 13.6. The number of rotatable bonds is 8. The van der Waals surface area contributed by atoms with Gasteiger partial charge in [0, 0.05) is 13.5 Å². The molecule has 15 heavy (non-hydrogen) atoms. The Morgan fingerprint density at radius 1 is 1.47 bits per heavy atom. The molecule has 0 aromatic rings. The predicted molar refractivity (Wildman–Crippen MR) is 46.1 cm³/mol. The third-order valence-electron chi connectivity index (χ3n) is 1.28. The van der Waals surface area contributed by atoms with Gasteiger partial charge in [-0.1, -0.05) is 6.92 Å². The van der Waals surface area contributed by atoms with Gasteiger partial charge in [-0.05, 0) is 0 Å². The molecule has 0 aromatic heterocycles. The molecule has 0 saturated heterocycles. The second-order valence-electron chi connectivity index (χ2n) is 2.50. The number of nitrogens with zero attached hydrogens (tertiary/aromatic N) is 1. The lowest BCUT2D eigenvalue weighted by Crippen LogP contribution is -2.28. The Morgan fingerprint density at radius 3 is 2.60 bits per heavy atom. The van der Waals surface area contributed by atoms with Crippen LogP contribution >= 0.6 is 0 Å². The summed E-state index contributed by atoms with van der Waals surface area (Å²) in [5, 5.41) is 9.04. The smallest absolute Gasteiger partial charge is 0.342 e. The first-order chi connectivity index (χ1) is 7.10. The van der Waals surface area contributed by atoms with E-state index in [1.165, 1.54) is 7.11 Å². The van der Waals surface area contributed by atoms with Crippen molar-refractivity contribution in [3.8, 4) is 0 Å². The third-order valence-corrected chi connectivity index (χ3v) is 1.28. The lowest BCUT2D eigenvalue weighted by Gasteiger charge is -2.12. The van der Waals surface area contributed by atoms with E-state index >= 15 is 0 Å². The van der Waals surface area contributed by atoms with Gasteiger partial charge in [-0.3, -0.25) is 4.89 Å². The molecule has 0 rings (SSSR count). The predicted octanol–water partition coefficient (Wildman–Crippen LogP) is 0.0945. The molecule has 0 amide bonds. The number of ether oxygens (including phenoxy) is 1.